The molecule has 0 aliphatic heterocycles. The predicted molar refractivity (Wildman–Crippen MR) is 72.9 cm³/mol. The molecule has 2 aromatic heterocycles. The fourth-order valence-corrected chi connectivity index (χ4v) is 1.96. The number of hydrogen-bond acceptors (Lipinski definition) is 3. The smallest absolute Gasteiger partial charge is 0.234 e. The highest BCUT2D eigenvalue weighted by molar-refractivity contribution is 5.74. The minimum Gasteiger partial charge on any atom is -0.396 e. The van der Waals surface area contributed by atoms with Crippen LogP contribution in [0.1, 0.15) is 19.0 Å². The highest BCUT2D eigenvalue weighted by Crippen LogP contribution is 2.20. The number of nitrogen functional groups attached to an aromatic ring is 1. The molecule has 1 aliphatic rings. The van der Waals surface area contributed by atoms with Crippen molar-refractivity contribution in [3.63, 3.8) is 0 Å². The Morgan fingerprint density at radius 2 is 2.11 bits per heavy atom. The van der Waals surface area contributed by atoms with Gasteiger partial charge in [0.2, 0.25) is 5.78 Å². The fraction of sp³-hybridized carbons (Fsp3) is 0.143. The Hall–Kier alpha value is -2.36. The third kappa shape index (κ3) is 1.93. The molecule has 0 saturated heterocycles. The van der Waals surface area contributed by atoms with Crippen LogP contribution in [0.25, 0.3) is 11.4 Å². The second-order valence-corrected chi connectivity index (χ2v) is 4.40. The summed E-state index contributed by atoms with van der Waals surface area (Å²) in [4.78, 5) is 8.69. The number of allylic oxidation sites excluding steroid dienone is 6. The number of nitrogens with zero attached hydrogens (tertiary/aromatic N) is 3. The number of anilines is 1. The summed E-state index contributed by atoms with van der Waals surface area (Å²) in [5.41, 5.74) is 9.65. The van der Waals surface area contributed by atoms with E-state index in [9.17, 15) is 0 Å². The lowest BCUT2D eigenvalue weighted by molar-refractivity contribution is 1.11. The fourth-order valence-electron chi connectivity index (χ4n) is 1.96. The maximum atomic E-state index is 5.71. The summed E-state index contributed by atoms with van der Waals surface area (Å²) >= 11 is 0. The van der Waals surface area contributed by atoms with Crippen LogP contribution in [0.2, 0.25) is 0 Å². The van der Waals surface area contributed by atoms with Gasteiger partial charge in [0, 0.05) is 12.4 Å². The summed E-state index contributed by atoms with van der Waals surface area (Å²) < 4.78 is 1.85. The summed E-state index contributed by atoms with van der Waals surface area (Å²) in [6, 6.07) is 0. The van der Waals surface area contributed by atoms with E-state index in [1.165, 1.54) is 5.57 Å². The van der Waals surface area contributed by atoms with E-state index >= 15 is 0 Å². The Morgan fingerprint density at radius 3 is 3.00 bits per heavy atom. The first-order chi connectivity index (χ1) is 8.72. The molecule has 0 aromatic carbocycles. The average molecular weight is 238 g/mol. The van der Waals surface area contributed by atoms with Crippen LogP contribution in [0, 0.1) is 0 Å². The number of imidazole rings is 1. The molecule has 4 nitrogen and oxygen atoms in total. The van der Waals surface area contributed by atoms with Crippen LogP contribution in [0.3, 0.4) is 0 Å². The van der Waals surface area contributed by atoms with E-state index in [4.69, 9.17) is 5.73 Å². The van der Waals surface area contributed by atoms with E-state index in [1.54, 1.807) is 6.20 Å². The zero-order chi connectivity index (χ0) is 12.5. The van der Waals surface area contributed by atoms with Crippen LogP contribution in [0.5, 0.6) is 0 Å². The van der Waals surface area contributed by atoms with Crippen LogP contribution in [-0.4, -0.2) is 14.4 Å². The molecule has 2 N–H and O–H groups in total. The molecule has 0 spiro atoms. The van der Waals surface area contributed by atoms with E-state index in [0.717, 1.165) is 17.7 Å². The van der Waals surface area contributed by atoms with Gasteiger partial charge in [-0.15, -0.1) is 0 Å². The Balaban J connectivity index is 2.05. The summed E-state index contributed by atoms with van der Waals surface area (Å²) in [5, 5.41) is 0. The number of rotatable bonds is 1. The van der Waals surface area contributed by atoms with Crippen molar-refractivity contribution in [2.75, 3.05) is 5.73 Å². The van der Waals surface area contributed by atoms with E-state index in [1.807, 2.05) is 16.8 Å². The van der Waals surface area contributed by atoms with E-state index in [0.29, 0.717) is 11.5 Å². The molecule has 0 atom stereocenters. The van der Waals surface area contributed by atoms with E-state index < -0.39 is 0 Å². The predicted octanol–water partition coefficient (Wildman–Crippen LogP) is 2.60. The van der Waals surface area contributed by atoms with Crippen molar-refractivity contribution in [2.45, 2.75) is 13.3 Å². The SMILES string of the molecule is CC1=CCC=C(c2cn3cc(N)cnc3n2)C=C1. The number of fused-ring (bicyclic) bond motifs is 1. The molecule has 4 heteroatoms. The quantitative estimate of drug-likeness (QED) is 0.830. The molecular formula is C14H14N4. The van der Waals surface area contributed by atoms with Gasteiger partial charge in [0.1, 0.15) is 0 Å². The Morgan fingerprint density at radius 1 is 1.22 bits per heavy atom. The molecule has 1 aliphatic carbocycles. The maximum absolute atomic E-state index is 5.71. The molecule has 3 rings (SSSR count). The highest BCUT2D eigenvalue weighted by Gasteiger charge is 2.06. The molecule has 2 aromatic rings. The van der Waals surface area contributed by atoms with E-state index in [-0.39, 0.29) is 0 Å². The Kier molecular flexibility index (Phi) is 2.48. The van der Waals surface area contributed by atoms with Gasteiger partial charge in [-0.1, -0.05) is 29.9 Å². The monoisotopic (exact) mass is 238 g/mol. The van der Waals surface area contributed by atoms with Gasteiger partial charge in [-0.3, -0.25) is 4.40 Å². The third-order valence-corrected chi connectivity index (χ3v) is 2.93. The van der Waals surface area contributed by atoms with Crippen molar-refractivity contribution in [3.8, 4) is 0 Å². The van der Waals surface area contributed by atoms with Crippen molar-refractivity contribution in [3.05, 3.63) is 54.2 Å². The van der Waals surface area contributed by atoms with Crippen LogP contribution < -0.4 is 5.73 Å². The topological polar surface area (TPSA) is 56.2 Å². The van der Waals surface area contributed by atoms with Gasteiger partial charge in [-0.05, 0) is 18.9 Å². The molecule has 0 amide bonds. The summed E-state index contributed by atoms with van der Waals surface area (Å²) in [6.45, 7) is 2.10. The largest absolute Gasteiger partial charge is 0.396 e. The van der Waals surface area contributed by atoms with Gasteiger partial charge in [-0.2, -0.15) is 0 Å². The van der Waals surface area contributed by atoms with E-state index in [2.05, 4.69) is 41.2 Å². The lowest BCUT2D eigenvalue weighted by Crippen LogP contribution is -1.91. The summed E-state index contributed by atoms with van der Waals surface area (Å²) in [6.07, 6.45) is 14.9. The Labute approximate surface area is 105 Å². The molecule has 0 bridgehead atoms. The van der Waals surface area contributed by atoms with Crippen LogP contribution in [-0.2, 0) is 0 Å². The first-order valence-corrected chi connectivity index (χ1v) is 5.88. The molecule has 0 saturated carbocycles. The van der Waals surface area contributed by atoms with Crippen molar-refractivity contribution < 1.29 is 0 Å². The minimum absolute atomic E-state index is 0.634. The van der Waals surface area contributed by atoms with Gasteiger partial charge in [0.05, 0.1) is 17.6 Å². The average Bonchev–Trinajstić information content (AvgIpc) is 2.63. The maximum Gasteiger partial charge on any atom is 0.234 e. The molecule has 18 heavy (non-hydrogen) atoms. The molecule has 0 fully saturated rings. The first-order valence-electron chi connectivity index (χ1n) is 5.88. The molecule has 0 unspecified atom stereocenters. The zero-order valence-electron chi connectivity index (χ0n) is 10.2. The highest BCUT2D eigenvalue weighted by atomic mass is 15.1. The third-order valence-electron chi connectivity index (χ3n) is 2.93. The summed E-state index contributed by atoms with van der Waals surface area (Å²) in [7, 11) is 0. The van der Waals surface area contributed by atoms with Gasteiger partial charge in [0.25, 0.3) is 0 Å². The second kappa shape index (κ2) is 4.14. The van der Waals surface area contributed by atoms with Crippen molar-refractivity contribution in [2.24, 2.45) is 0 Å². The zero-order valence-corrected chi connectivity index (χ0v) is 10.2. The molecule has 90 valence electrons. The van der Waals surface area contributed by atoms with Crippen LogP contribution in [0.4, 0.5) is 5.69 Å². The minimum atomic E-state index is 0.634. The first kappa shape index (κ1) is 10.8. The van der Waals surface area contributed by atoms with Crippen molar-refractivity contribution in [1.29, 1.82) is 0 Å². The van der Waals surface area contributed by atoms with Gasteiger partial charge in [0.15, 0.2) is 0 Å². The molecule has 2 heterocycles. The van der Waals surface area contributed by atoms with Crippen molar-refractivity contribution in [1.82, 2.24) is 14.4 Å². The van der Waals surface area contributed by atoms with Gasteiger partial charge in [-0.25, -0.2) is 9.97 Å². The van der Waals surface area contributed by atoms with Crippen LogP contribution >= 0.6 is 0 Å². The Bertz CT molecular complexity index is 689. The van der Waals surface area contributed by atoms with Gasteiger partial charge >= 0.3 is 0 Å². The van der Waals surface area contributed by atoms with Gasteiger partial charge < -0.3 is 5.73 Å². The number of aromatic nitrogens is 3. The lowest BCUT2D eigenvalue weighted by Gasteiger charge is -1.94. The van der Waals surface area contributed by atoms with Crippen molar-refractivity contribution >= 4 is 17.0 Å². The second-order valence-electron chi connectivity index (χ2n) is 4.40. The molecular weight excluding hydrogens is 224 g/mol. The number of hydrogen-bond donors (Lipinski definition) is 1. The van der Waals surface area contributed by atoms with Crippen LogP contribution in [0.15, 0.2) is 48.5 Å². The lowest BCUT2D eigenvalue weighted by atomic mass is 10.1. The normalized spacial score (nSPS) is 15.4. The summed E-state index contributed by atoms with van der Waals surface area (Å²) in [5.74, 6) is 0.669. The standard InChI is InChI=1S/C14H14N4/c1-10-3-2-4-11(6-5-10)13-9-18-8-12(15)7-16-14(18)17-13/h3-9H,2,15H2,1H3. The molecule has 0 radical (unpaired) electrons. The number of nitrogens with two attached hydrogens (primary N) is 1.